The van der Waals surface area contributed by atoms with E-state index < -0.39 is 0 Å². The number of aryl methyl sites for hydroxylation is 2. The van der Waals surface area contributed by atoms with Crippen LogP contribution in [-0.2, 0) is 4.79 Å². The summed E-state index contributed by atoms with van der Waals surface area (Å²) in [7, 11) is 0. The number of benzene rings is 1. The third-order valence-corrected chi connectivity index (χ3v) is 3.34. The van der Waals surface area contributed by atoms with Gasteiger partial charge in [-0.25, -0.2) is 0 Å². The van der Waals surface area contributed by atoms with Crippen molar-refractivity contribution in [1.29, 1.82) is 0 Å². The average molecular weight is 247 g/mol. The van der Waals surface area contributed by atoms with Gasteiger partial charge in [0.15, 0.2) is 5.17 Å². The number of amides is 1. The van der Waals surface area contributed by atoms with Crippen molar-refractivity contribution in [2.45, 2.75) is 13.8 Å². The van der Waals surface area contributed by atoms with Crippen molar-refractivity contribution in [2.75, 3.05) is 5.75 Å². The van der Waals surface area contributed by atoms with Crippen molar-refractivity contribution in [1.82, 2.24) is 5.32 Å². The Bertz CT molecular complexity index is 508. The minimum atomic E-state index is -0.0184. The molecular weight excluding hydrogens is 234 g/mol. The van der Waals surface area contributed by atoms with Crippen LogP contribution in [0.15, 0.2) is 28.4 Å². The lowest BCUT2D eigenvalue weighted by atomic mass is 10.1. The minimum absolute atomic E-state index is 0.0184. The van der Waals surface area contributed by atoms with Crippen LogP contribution in [-0.4, -0.2) is 23.0 Å². The molecule has 0 radical (unpaired) electrons. The molecule has 5 heteroatoms. The van der Waals surface area contributed by atoms with Crippen LogP contribution in [0.2, 0.25) is 0 Å². The average Bonchev–Trinajstić information content (AvgIpc) is 2.70. The third-order valence-electron chi connectivity index (χ3n) is 2.47. The quantitative estimate of drug-likeness (QED) is 0.640. The first-order valence-electron chi connectivity index (χ1n) is 5.26. The number of thioether (sulfide) groups is 1. The van der Waals surface area contributed by atoms with E-state index in [0.717, 1.165) is 5.56 Å². The molecule has 1 saturated heterocycles. The summed E-state index contributed by atoms with van der Waals surface area (Å²) < 4.78 is 0. The Kier molecular flexibility index (Phi) is 3.58. The number of nitrogens with zero attached hydrogens (tertiary/aromatic N) is 2. The zero-order valence-electron chi connectivity index (χ0n) is 9.73. The highest BCUT2D eigenvalue weighted by Crippen LogP contribution is 2.10. The zero-order chi connectivity index (χ0) is 12.3. The maximum absolute atomic E-state index is 10.9. The fourth-order valence-electron chi connectivity index (χ4n) is 1.37. The highest BCUT2D eigenvalue weighted by Gasteiger charge is 2.15. The maximum Gasteiger partial charge on any atom is 0.236 e. The normalized spacial score (nSPS) is 18.0. The minimum Gasteiger partial charge on any atom is -0.303 e. The summed E-state index contributed by atoms with van der Waals surface area (Å²) in [5.41, 5.74) is 3.49. The van der Waals surface area contributed by atoms with Crippen molar-refractivity contribution in [3.8, 4) is 0 Å². The Hall–Kier alpha value is -1.62. The number of hydrogen-bond donors (Lipinski definition) is 1. The Morgan fingerprint density at radius 3 is 2.82 bits per heavy atom. The molecular formula is C12H13N3OS. The van der Waals surface area contributed by atoms with Crippen molar-refractivity contribution >= 4 is 29.1 Å². The van der Waals surface area contributed by atoms with Crippen LogP contribution in [0.4, 0.5) is 0 Å². The third kappa shape index (κ3) is 3.17. The van der Waals surface area contributed by atoms with Gasteiger partial charge in [0.2, 0.25) is 5.91 Å². The molecule has 1 N–H and O–H groups in total. The molecule has 0 saturated carbocycles. The van der Waals surface area contributed by atoms with E-state index in [-0.39, 0.29) is 5.91 Å². The molecule has 1 aromatic rings. The van der Waals surface area contributed by atoms with Crippen LogP contribution < -0.4 is 5.32 Å². The predicted octanol–water partition coefficient (Wildman–Crippen LogP) is 1.86. The Balaban J connectivity index is 2.05. The number of carbonyl (C=O) groups excluding carboxylic acids is 1. The summed E-state index contributed by atoms with van der Waals surface area (Å²) in [5.74, 6) is 0.410. The van der Waals surface area contributed by atoms with Gasteiger partial charge in [-0.3, -0.25) is 4.79 Å². The second-order valence-electron chi connectivity index (χ2n) is 3.83. The summed E-state index contributed by atoms with van der Waals surface area (Å²) in [6, 6.07) is 6.10. The zero-order valence-corrected chi connectivity index (χ0v) is 10.5. The Labute approximate surface area is 104 Å². The molecule has 1 amide bonds. The number of amidine groups is 1. The fraction of sp³-hybridized carbons (Fsp3) is 0.250. The van der Waals surface area contributed by atoms with Crippen LogP contribution >= 0.6 is 11.8 Å². The molecule has 0 unspecified atom stereocenters. The molecule has 1 heterocycles. The first kappa shape index (κ1) is 11.9. The highest BCUT2D eigenvalue weighted by atomic mass is 32.2. The van der Waals surface area contributed by atoms with Crippen LogP contribution in [0.3, 0.4) is 0 Å². The van der Waals surface area contributed by atoms with E-state index >= 15 is 0 Å². The van der Waals surface area contributed by atoms with E-state index in [1.165, 1.54) is 22.9 Å². The summed E-state index contributed by atoms with van der Waals surface area (Å²) in [4.78, 5) is 10.9. The topological polar surface area (TPSA) is 53.8 Å². The van der Waals surface area contributed by atoms with Gasteiger partial charge in [-0.1, -0.05) is 30.0 Å². The molecule has 0 aliphatic carbocycles. The second-order valence-corrected chi connectivity index (χ2v) is 4.79. The lowest BCUT2D eigenvalue weighted by molar-refractivity contribution is -0.116. The molecule has 1 aliphatic heterocycles. The summed E-state index contributed by atoms with van der Waals surface area (Å²) in [5, 5.41) is 11.1. The first-order chi connectivity index (χ1) is 8.15. The molecule has 0 atom stereocenters. The van der Waals surface area contributed by atoms with Gasteiger partial charge in [-0.2, -0.15) is 5.10 Å². The number of nitrogens with one attached hydrogen (secondary N) is 1. The monoisotopic (exact) mass is 247 g/mol. The van der Waals surface area contributed by atoms with Gasteiger partial charge >= 0.3 is 0 Å². The van der Waals surface area contributed by atoms with E-state index in [2.05, 4.69) is 41.5 Å². The van der Waals surface area contributed by atoms with Gasteiger partial charge < -0.3 is 5.32 Å². The molecule has 0 aromatic heterocycles. The highest BCUT2D eigenvalue weighted by molar-refractivity contribution is 8.15. The van der Waals surface area contributed by atoms with Crippen LogP contribution in [0.5, 0.6) is 0 Å². The standard InChI is InChI=1S/C12H13N3OS/c1-8-3-4-10(5-9(8)2)6-13-15-12-14-11(16)7-17-12/h3-6H,7H2,1-2H3,(H,14,15,16). The molecule has 1 fully saturated rings. The van der Waals surface area contributed by atoms with Crippen LogP contribution in [0.25, 0.3) is 0 Å². The van der Waals surface area contributed by atoms with Gasteiger partial charge in [0.1, 0.15) is 0 Å². The molecule has 2 rings (SSSR count). The molecule has 1 aliphatic rings. The second kappa shape index (κ2) is 5.14. The van der Waals surface area contributed by atoms with E-state index in [4.69, 9.17) is 0 Å². The van der Waals surface area contributed by atoms with E-state index in [1.54, 1.807) is 6.21 Å². The van der Waals surface area contributed by atoms with Crippen molar-refractivity contribution in [3.05, 3.63) is 34.9 Å². The van der Waals surface area contributed by atoms with Gasteiger partial charge in [-0.15, -0.1) is 5.10 Å². The number of carbonyl (C=O) groups is 1. The molecule has 0 bridgehead atoms. The molecule has 0 spiro atoms. The molecule has 17 heavy (non-hydrogen) atoms. The summed E-state index contributed by atoms with van der Waals surface area (Å²) in [6.07, 6.45) is 1.68. The largest absolute Gasteiger partial charge is 0.303 e. The predicted molar refractivity (Wildman–Crippen MR) is 71.5 cm³/mol. The molecule has 88 valence electrons. The fourth-order valence-corrected chi connectivity index (χ4v) is 2.00. The van der Waals surface area contributed by atoms with Gasteiger partial charge in [0.25, 0.3) is 0 Å². The SMILES string of the molecule is Cc1ccc(C=NN=C2NC(=O)CS2)cc1C. The lowest BCUT2D eigenvalue weighted by Crippen LogP contribution is -2.19. The summed E-state index contributed by atoms with van der Waals surface area (Å²) >= 11 is 1.37. The number of hydrogen-bond acceptors (Lipinski definition) is 4. The Morgan fingerprint density at radius 1 is 1.35 bits per heavy atom. The van der Waals surface area contributed by atoms with Crippen LogP contribution in [0.1, 0.15) is 16.7 Å². The molecule has 1 aromatic carbocycles. The van der Waals surface area contributed by atoms with Gasteiger partial charge in [0, 0.05) is 0 Å². The summed E-state index contributed by atoms with van der Waals surface area (Å²) in [6.45, 7) is 4.13. The van der Waals surface area contributed by atoms with E-state index in [1.807, 2.05) is 6.07 Å². The lowest BCUT2D eigenvalue weighted by Gasteiger charge is -1.99. The van der Waals surface area contributed by atoms with E-state index in [9.17, 15) is 4.79 Å². The van der Waals surface area contributed by atoms with Crippen molar-refractivity contribution in [3.63, 3.8) is 0 Å². The smallest absolute Gasteiger partial charge is 0.236 e. The molecule has 4 nitrogen and oxygen atoms in total. The number of rotatable bonds is 2. The van der Waals surface area contributed by atoms with Gasteiger partial charge in [-0.05, 0) is 30.5 Å². The van der Waals surface area contributed by atoms with E-state index in [0.29, 0.717) is 10.9 Å². The van der Waals surface area contributed by atoms with Gasteiger partial charge in [0.05, 0.1) is 12.0 Å². The van der Waals surface area contributed by atoms with Crippen LogP contribution in [0, 0.1) is 13.8 Å². The first-order valence-corrected chi connectivity index (χ1v) is 6.24. The van der Waals surface area contributed by atoms with Crippen molar-refractivity contribution in [2.24, 2.45) is 10.2 Å². The maximum atomic E-state index is 10.9. The van der Waals surface area contributed by atoms with Crippen molar-refractivity contribution < 1.29 is 4.79 Å². The Morgan fingerprint density at radius 2 is 2.18 bits per heavy atom.